The van der Waals surface area contributed by atoms with E-state index in [9.17, 15) is 0 Å². The van der Waals surface area contributed by atoms with Gasteiger partial charge in [0.25, 0.3) is 0 Å². The lowest BCUT2D eigenvalue weighted by Crippen LogP contribution is -1.87. The predicted molar refractivity (Wildman–Crippen MR) is 186 cm³/mol. The van der Waals surface area contributed by atoms with Crippen molar-refractivity contribution in [3.8, 4) is 33.8 Å². The number of hydrogen-bond donors (Lipinski definition) is 0. The molecule has 0 N–H and O–H groups in total. The van der Waals surface area contributed by atoms with E-state index >= 15 is 0 Å². The van der Waals surface area contributed by atoms with Gasteiger partial charge in [-0.25, -0.2) is 15.0 Å². The molecule has 3 nitrogen and oxygen atoms in total. The van der Waals surface area contributed by atoms with Crippen LogP contribution in [0.4, 0.5) is 0 Å². The molecule has 0 atom stereocenters. The molecule has 0 radical (unpaired) electrons. The van der Waals surface area contributed by atoms with Gasteiger partial charge in [-0.15, -0.1) is 0 Å². The Morgan fingerprint density at radius 2 is 0.500 bits per heavy atom. The molecular formula is C41H33N3. The van der Waals surface area contributed by atoms with Crippen molar-refractivity contribution in [2.45, 2.75) is 13.8 Å². The smallest absolute Gasteiger partial charge is 0.0781 e. The molecule has 0 aliphatic heterocycles. The first-order chi connectivity index (χ1) is 21.8. The molecule has 4 heterocycles. The fourth-order valence-electron chi connectivity index (χ4n) is 5.14. The van der Waals surface area contributed by atoms with Crippen LogP contribution in [0.2, 0.25) is 0 Å². The fourth-order valence-corrected chi connectivity index (χ4v) is 5.14. The van der Waals surface area contributed by atoms with Crippen molar-refractivity contribution in [1.82, 2.24) is 15.0 Å². The molecule has 0 spiro atoms. The van der Waals surface area contributed by atoms with Gasteiger partial charge in [-0.3, -0.25) is 0 Å². The summed E-state index contributed by atoms with van der Waals surface area (Å²) in [6.45, 7) is 4.00. The Morgan fingerprint density at radius 1 is 0.273 bits per heavy atom. The number of rotatable bonds is 3. The van der Waals surface area contributed by atoms with Gasteiger partial charge < -0.3 is 0 Å². The van der Waals surface area contributed by atoms with Gasteiger partial charge in [0.15, 0.2) is 0 Å². The molecule has 0 amide bonds. The summed E-state index contributed by atoms with van der Waals surface area (Å²) in [6.07, 6.45) is 0. The van der Waals surface area contributed by atoms with Gasteiger partial charge in [-0.1, -0.05) is 141 Å². The van der Waals surface area contributed by atoms with E-state index in [1.807, 2.05) is 68.4 Å². The van der Waals surface area contributed by atoms with Crippen molar-refractivity contribution in [3.63, 3.8) is 0 Å². The molecule has 0 aliphatic carbocycles. The van der Waals surface area contributed by atoms with E-state index in [2.05, 4.69) is 109 Å². The van der Waals surface area contributed by atoms with Crippen molar-refractivity contribution in [2.75, 3.05) is 0 Å². The second-order valence-electron chi connectivity index (χ2n) is 10.1. The van der Waals surface area contributed by atoms with E-state index in [0.717, 1.165) is 66.5 Å². The zero-order valence-corrected chi connectivity index (χ0v) is 24.9. The molecule has 212 valence electrons. The summed E-state index contributed by atoms with van der Waals surface area (Å²) in [5, 5.41) is 3.09. The van der Waals surface area contributed by atoms with Gasteiger partial charge in [-0.05, 0) is 36.4 Å². The first kappa shape index (κ1) is 28.4. The zero-order chi connectivity index (χ0) is 30.1. The summed E-state index contributed by atoms with van der Waals surface area (Å²) in [5.41, 5.74) is 8.55. The maximum absolute atomic E-state index is 5.13. The van der Waals surface area contributed by atoms with Crippen LogP contribution in [0.3, 0.4) is 0 Å². The Morgan fingerprint density at radius 3 is 0.727 bits per heavy atom. The monoisotopic (exact) mass is 567 g/mol. The lowest BCUT2D eigenvalue weighted by atomic mass is 10.1. The normalized spacial score (nSPS) is 10.5. The molecule has 0 unspecified atom stereocenters. The van der Waals surface area contributed by atoms with Crippen LogP contribution in [0.5, 0.6) is 0 Å². The molecule has 0 saturated carbocycles. The van der Waals surface area contributed by atoms with Crippen LogP contribution in [-0.2, 0) is 0 Å². The maximum Gasteiger partial charge on any atom is 0.0781 e. The summed E-state index contributed by atoms with van der Waals surface area (Å²) in [4.78, 5) is 15.4. The Kier molecular flexibility index (Phi) is 8.75. The van der Waals surface area contributed by atoms with Crippen LogP contribution in [0, 0.1) is 0 Å². The minimum absolute atomic E-state index is 0.879. The van der Waals surface area contributed by atoms with E-state index in [1.54, 1.807) is 0 Å². The lowest BCUT2D eigenvalue weighted by Gasteiger charge is -2.05. The summed E-state index contributed by atoms with van der Waals surface area (Å²) in [7, 11) is 0. The van der Waals surface area contributed by atoms with Crippen LogP contribution in [0.1, 0.15) is 13.8 Å². The molecule has 6 bridgehead atoms. The van der Waals surface area contributed by atoms with Gasteiger partial charge in [0.05, 0.1) is 33.6 Å². The number of aromatic nitrogens is 3. The Balaban J connectivity index is 0.00000168. The molecule has 10 aromatic rings. The van der Waals surface area contributed by atoms with Crippen LogP contribution in [0.15, 0.2) is 164 Å². The highest BCUT2D eigenvalue weighted by Crippen LogP contribution is 2.27. The third kappa shape index (κ3) is 6.38. The van der Waals surface area contributed by atoms with Crippen molar-refractivity contribution < 1.29 is 0 Å². The van der Waals surface area contributed by atoms with Gasteiger partial charge in [-0.2, -0.15) is 0 Å². The van der Waals surface area contributed by atoms with Crippen LogP contribution in [0.25, 0.3) is 66.5 Å². The van der Waals surface area contributed by atoms with E-state index < -0.39 is 0 Å². The SMILES string of the molecule is CC.c1ccc(-c2nc3ccc(cc3)c(-c3ccccc3)nc3ccc(cc3)c(-c3ccccc3)nc3ccc2cc3)cc1. The second-order valence-corrected chi connectivity index (χ2v) is 10.1. The van der Waals surface area contributed by atoms with Crippen molar-refractivity contribution in [2.24, 2.45) is 0 Å². The average molecular weight is 568 g/mol. The predicted octanol–water partition coefficient (Wildman–Crippen LogP) is 11.0. The Labute approximate surface area is 258 Å². The number of hydrogen-bond acceptors (Lipinski definition) is 3. The number of benzene rings is 6. The van der Waals surface area contributed by atoms with Crippen LogP contribution in [-0.4, -0.2) is 15.0 Å². The largest absolute Gasteiger partial charge is 0.248 e. The minimum atomic E-state index is 0.879. The second kappa shape index (κ2) is 13.5. The summed E-state index contributed by atoms with van der Waals surface area (Å²) in [5.74, 6) is 0. The third-order valence-corrected chi connectivity index (χ3v) is 7.29. The van der Waals surface area contributed by atoms with E-state index in [0.29, 0.717) is 0 Å². The highest BCUT2D eigenvalue weighted by Gasteiger charge is 2.06. The molecule has 44 heavy (non-hydrogen) atoms. The average Bonchev–Trinajstić information content (AvgIpc) is 3.11. The summed E-state index contributed by atoms with van der Waals surface area (Å²) in [6, 6.07) is 56.0. The fraction of sp³-hybridized carbons (Fsp3) is 0.0488. The molecule has 0 saturated heterocycles. The maximum atomic E-state index is 5.13. The molecule has 3 heteroatoms. The molecule has 10 rings (SSSR count). The Hall–Kier alpha value is -5.67. The first-order valence-electron chi connectivity index (χ1n) is 15.0. The van der Waals surface area contributed by atoms with Crippen molar-refractivity contribution >= 4 is 32.7 Å². The van der Waals surface area contributed by atoms with Gasteiger partial charge in [0, 0.05) is 32.8 Å². The van der Waals surface area contributed by atoms with E-state index in [4.69, 9.17) is 15.0 Å². The molecule has 4 aromatic heterocycles. The van der Waals surface area contributed by atoms with E-state index in [1.165, 1.54) is 0 Å². The number of nitrogens with zero attached hydrogens (tertiary/aromatic N) is 3. The van der Waals surface area contributed by atoms with Gasteiger partial charge in [0.1, 0.15) is 0 Å². The topological polar surface area (TPSA) is 38.7 Å². The molecular weight excluding hydrogens is 534 g/mol. The first-order valence-corrected chi connectivity index (χ1v) is 15.0. The number of fused-ring (bicyclic) bond motifs is 3. The molecule has 0 fully saturated rings. The highest BCUT2D eigenvalue weighted by molar-refractivity contribution is 5.85. The van der Waals surface area contributed by atoms with Crippen LogP contribution < -0.4 is 0 Å². The lowest BCUT2D eigenvalue weighted by molar-refractivity contribution is 1.40. The van der Waals surface area contributed by atoms with Crippen molar-refractivity contribution in [3.05, 3.63) is 164 Å². The molecule has 0 aliphatic rings. The van der Waals surface area contributed by atoms with E-state index in [-0.39, 0.29) is 0 Å². The highest BCUT2D eigenvalue weighted by atomic mass is 14.7. The van der Waals surface area contributed by atoms with Crippen LogP contribution >= 0.6 is 0 Å². The quantitative estimate of drug-likeness (QED) is 0.213. The third-order valence-electron chi connectivity index (χ3n) is 7.29. The van der Waals surface area contributed by atoms with Crippen molar-refractivity contribution in [1.29, 1.82) is 0 Å². The standard InChI is InChI=1S/C39H27N3.C2H6/c1-4-10-28(11-5-1)37-31-16-22-35(23-17-31)41-39(30-14-8-3-9-15-30)33-20-26-36(27-21-33)42-38(29-12-6-2-7-13-29)32-18-24-34(40-37)25-19-32;1-2/h1-27H;1-2H3. The van der Waals surface area contributed by atoms with Gasteiger partial charge in [0.2, 0.25) is 0 Å². The van der Waals surface area contributed by atoms with Gasteiger partial charge >= 0.3 is 0 Å². The minimum Gasteiger partial charge on any atom is -0.248 e. The Bertz CT molecular complexity index is 1820. The summed E-state index contributed by atoms with van der Waals surface area (Å²) >= 11 is 0. The zero-order valence-electron chi connectivity index (χ0n) is 24.9. The molecule has 6 aromatic carbocycles. The summed E-state index contributed by atoms with van der Waals surface area (Å²) < 4.78 is 0.